The summed E-state index contributed by atoms with van der Waals surface area (Å²) in [6.07, 6.45) is 2.06. The van der Waals surface area contributed by atoms with Crippen LogP contribution in [0.5, 0.6) is 0 Å². The third-order valence-electron chi connectivity index (χ3n) is 4.11. The lowest BCUT2D eigenvalue weighted by atomic mass is 10.2. The van der Waals surface area contributed by atoms with Gasteiger partial charge >= 0.3 is 12.0 Å². The van der Waals surface area contributed by atoms with Crippen molar-refractivity contribution >= 4 is 12.0 Å². The van der Waals surface area contributed by atoms with Crippen LogP contribution >= 0.6 is 0 Å². The molecule has 1 aliphatic carbocycles. The first-order valence-electron chi connectivity index (χ1n) is 7.50. The van der Waals surface area contributed by atoms with Crippen LogP contribution < -0.4 is 0 Å². The fraction of sp³-hybridized carbons (Fsp3) is 0.857. The van der Waals surface area contributed by atoms with Crippen molar-refractivity contribution in [1.82, 2.24) is 14.7 Å². The maximum atomic E-state index is 12.5. The molecular weight excluding hydrogens is 258 g/mol. The smallest absolute Gasteiger partial charge is 0.320 e. The van der Waals surface area contributed by atoms with E-state index in [1.165, 1.54) is 0 Å². The number of piperazine rings is 1. The second-order valence-corrected chi connectivity index (χ2v) is 5.97. The van der Waals surface area contributed by atoms with E-state index >= 15 is 0 Å². The fourth-order valence-corrected chi connectivity index (χ4v) is 2.65. The highest BCUT2D eigenvalue weighted by atomic mass is 16.4. The van der Waals surface area contributed by atoms with Crippen LogP contribution in [0.4, 0.5) is 4.79 Å². The first kappa shape index (κ1) is 15.1. The summed E-state index contributed by atoms with van der Waals surface area (Å²) in [6, 6.07) is 0.806. The molecule has 1 heterocycles. The van der Waals surface area contributed by atoms with Gasteiger partial charge in [0.1, 0.15) is 0 Å². The summed E-state index contributed by atoms with van der Waals surface area (Å²) in [5.41, 5.74) is 0. The molecule has 114 valence electrons. The molecule has 0 aromatic rings. The molecule has 1 saturated heterocycles. The van der Waals surface area contributed by atoms with E-state index in [1.54, 1.807) is 4.90 Å². The van der Waals surface area contributed by atoms with Gasteiger partial charge in [0, 0.05) is 44.8 Å². The number of carbonyl (C=O) groups is 2. The molecule has 2 aliphatic rings. The summed E-state index contributed by atoms with van der Waals surface area (Å²) in [7, 11) is 0. The summed E-state index contributed by atoms with van der Waals surface area (Å²) < 4.78 is 0. The van der Waals surface area contributed by atoms with Crippen LogP contribution in [-0.4, -0.2) is 76.6 Å². The van der Waals surface area contributed by atoms with Gasteiger partial charge in [-0.05, 0) is 26.7 Å². The van der Waals surface area contributed by atoms with E-state index in [4.69, 9.17) is 5.11 Å². The fourth-order valence-electron chi connectivity index (χ4n) is 2.65. The van der Waals surface area contributed by atoms with Crippen molar-refractivity contribution in [3.8, 4) is 0 Å². The number of carbonyl (C=O) groups excluding carboxylic acids is 1. The molecule has 20 heavy (non-hydrogen) atoms. The molecule has 1 N–H and O–H groups in total. The van der Waals surface area contributed by atoms with Crippen LogP contribution in [-0.2, 0) is 4.79 Å². The number of nitrogens with zero attached hydrogens (tertiary/aromatic N) is 3. The summed E-state index contributed by atoms with van der Waals surface area (Å²) in [4.78, 5) is 29.2. The molecule has 0 spiro atoms. The van der Waals surface area contributed by atoms with Crippen LogP contribution in [0.2, 0.25) is 0 Å². The Kier molecular flexibility index (Phi) is 4.86. The Bertz CT molecular complexity index is 361. The minimum atomic E-state index is -0.840. The second-order valence-electron chi connectivity index (χ2n) is 5.97. The molecular formula is C14H25N3O3. The van der Waals surface area contributed by atoms with Gasteiger partial charge in [0.25, 0.3) is 0 Å². The van der Waals surface area contributed by atoms with Crippen LogP contribution in [0, 0.1) is 0 Å². The maximum Gasteiger partial charge on any atom is 0.320 e. The zero-order valence-electron chi connectivity index (χ0n) is 12.4. The quantitative estimate of drug-likeness (QED) is 0.820. The molecule has 0 aromatic heterocycles. The molecule has 0 unspecified atom stereocenters. The van der Waals surface area contributed by atoms with Crippen molar-refractivity contribution in [2.75, 3.05) is 32.7 Å². The highest BCUT2D eigenvalue weighted by molar-refractivity contribution is 5.76. The topological polar surface area (TPSA) is 64.1 Å². The summed E-state index contributed by atoms with van der Waals surface area (Å²) in [5, 5.41) is 8.79. The van der Waals surface area contributed by atoms with E-state index in [1.807, 2.05) is 4.90 Å². The molecule has 1 saturated carbocycles. The molecule has 0 atom stereocenters. The number of amides is 2. The average Bonchev–Trinajstić information content (AvgIpc) is 3.23. The Balaban J connectivity index is 1.87. The molecule has 2 rings (SSSR count). The summed E-state index contributed by atoms with van der Waals surface area (Å²) in [5.74, 6) is -0.840. The first-order valence-corrected chi connectivity index (χ1v) is 7.50. The van der Waals surface area contributed by atoms with Gasteiger partial charge in [0.2, 0.25) is 0 Å². The minimum Gasteiger partial charge on any atom is -0.481 e. The van der Waals surface area contributed by atoms with Gasteiger partial charge < -0.3 is 14.9 Å². The van der Waals surface area contributed by atoms with Crippen molar-refractivity contribution < 1.29 is 14.7 Å². The first-order chi connectivity index (χ1) is 9.49. The molecule has 1 aliphatic heterocycles. The Morgan fingerprint density at radius 2 is 1.80 bits per heavy atom. The van der Waals surface area contributed by atoms with Crippen LogP contribution in [0.25, 0.3) is 0 Å². The molecule has 2 amide bonds. The Morgan fingerprint density at radius 3 is 2.25 bits per heavy atom. The highest BCUT2D eigenvalue weighted by Gasteiger charge is 2.35. The average molecular weight is 283 g/mol. The van der Waals surface area contributed by atoms with Gasteiger partial charge in [0.05, 0.1) is 6.42 Å². The molecule has 0 aromatic carbocycles. The van der Waals surface area contributed by atoms with E-state index in [-0.39, 0.29) is 18.5 Å². The SMILES string of the molecule is CC(C)N1CCN(C(=O)N(CCC(=O)O)C2CC2)CC1. The lowest BCUT2D eigenvalue weighted by Gasteiger charge is -2.39. The van der Waals surface area contributed by atoms with Gasteiger partial charge in [-0.1, -0.05) is 0 Å². The van der Waals surface area contributed by atoms with Crippen LogP contribution in [0.15, 0.2) is 0 Å². The second kappa shape index (κ2) is 6.43. The number of carboxylic acid groups (broad SMARTS) is 1. The largest absolute Gasteiger partial charge is 0.481 e. The van der Waals surface area contributed by atoms with Crippen LogP contribution in [0.1, 0.15) is 33.1 Å². The Morgan fingerprint density at radius 1 is 1.20 bits per heavy atom. The van der Waals surface area contributed by atoms with Gasteiger partial charge in [-0.3, -0.25) is 9.69 Å². The zero-order chi connectivity index (χ0) is 14.7. The van der Waals surface area contributed by atoms with Gasteiger partial charge in [-0.15, -0.1) is 0 Å². The van der Waals surface area contributed by atoms with Crippen molar-refractivity contribution in [2.24, 2.45) is 0 Å². The lowest BCUT2D eigenvalue weighted by Crippen LogP contribution is -2.54. The van der Waals surface area contributed by atoms with Gasteiger partial charge in [-0.25, -0.2) is 4.79 Å². The molecule has 6 heteroatoms. The Labute approximate surface area is 120 Å². The molecule has 0 radical (unpaired) electrons. The third-order valence-corrected chi connectivity index (χ3v) is 4.11. The predicted molar refractivity (Wildman–Crippen MR) is 75.7 cm³/mol. The predicted octanol–water partition coefficient (Wildman–Crippen LogP) is 1.07. The van der Waals surface area contributed by atoms with E-state index in [0.29, 0.717) is 12.6 Å². The number of hydrogen-bond donors (Lipinski definition) is 1. The number of rotatable bonds is 5. The van der Waals surface area contributed by atoms with Gasteiger partial charge in [0.15, 0.2) is 0 Å². The maximum absolute atomic E-state index is 12.5. The third kappa shape index (κ3) is 3.85. The molecule has 0 bridgehead atoms. The molecule has 2 fully saturated rings. The number of urea groups is 1. The van der Waals surface area contributed by atoms with Crippen LogP contribution in [0.3, 0.4) is 0 Å². The number of aliphatic carboxylic acids is 1. The van der Waals surface area contributed by atoms with E-state index in [0.717, 1.165) is 39.0 Å². The van der Waals surface area contributed by atoms with Crippen molar-refractivity contribution in [1.29, 1.82) is 0 Å². The standard InChI is InChI=1S/C14H25N3O3/c1-11(2)15-7-9-16(10-8-15)14(20)17(12-3-4-12)6-5-13(18)19/h11-12H,3-10H2,1-2H3,(H,18,19). The van der Waals surface area contributed by atoms with E-state index in [2.05, 4.69) is 18.7 Å². The summed E-state index contributed by atoms with van der Waals surface area (Å²) in [6.45, 7) is 7.97. The van der Waals surface area contributed by atoms with Gasteiger partial charge in [-0.2, -0.15) is 0 Å². The van der Waals surface area contributed by atoms with Crippen molar-refractivity contribution in [2.45, 2.75) is 45.2 Å². The Hall–Kier alpha value is -1.30. The summed E-state index contributed by atoms with van der Waals surface area (Å²) >= 11 is 0. The normalized spacial score (nSPS) is 20.2. The monoisotopic (exact) mass is 283 g/mol. The lowest BCUT2D eigenvalue weighted by molar-refractivity contribution is -0.137. The minimum absolute atomic E-state index is 0.0251. The highest BCUT2D eigenvalue weighted by Crippen LogP contribution is 2.28. The van der Waals surface area contributed by atoms with Crippen molar-refractivity contribution in [3.63, 3.8) is 0 Å². The van der Waals surface area contributed by atoms with E-state index < -0.39 is 5.97 Å². The zero-order valence-corrected chi connectivity index (χ0v) is 12.4. The van der Waals surface area contributed by atoms with Crippen molar-refractivity contribution in [3.05, 3.63) is 0 Å². The molecule has 6 nitrogen and oxygen atoms in total. The van der Waals surface area contributed by atoms with E-state index in [9.17, 15) is 9.59 Å². The number of hydrogen-bond acceptors (Lipinski definition) is 3. The number of carboxylic acids is 1.